The predicted octanol–water partition coefficient (Wildman–Crippen LogP) is 3.49. The van der Waals surface area contributed by atoms with Crippen molar-refractivity contribution in [3.05, 3.63) is 54.1 Å². The van der Waals surface area contributed by atoms with Crippen molar-refractivity contribution in [3.8, 4) is 5.75 Å². The number of carbonyl (C=O) groups excluding carboxylic acids is 1. The molecule has 6 nitrogen and oxygen atoms in total. The Balaban J connectivity index is 1.90. The van der Waals surface area contributed by atoms with Crippen molar-refractivity contribution >= 4 is 39.5 Å². The van der Waals surface area contributed by atoms with Gasteiger partial charge in [-0.2, -0.15) is 0 Å². The molecule has 0 N–H and O–H groups in total. The van der Waals surface area contributed by atoms with E-state index in [9.17, 15) is 13.2 Å². The quantitative estimate of drug-likeness (QED) is 0.677. The van der Waals surface area contributed by atoms with Gasteiger partial charge in [0.25, 0.3) is 5.91 Å². The predicted molar refractivity (Wildman–Crippen MR) is 117 cm³/mol. The summed E-state index contributed by atoms with van der Waals surface area (Å²) in [6, 6.07) is 12.7. The second-order valence-corrected chi connectivity index (χ2v) is 9.95. The fourth-order valence-corrected chi connectivity index (χ4v) is 5.09. The second-order valence-electron chi connectivity index (χ2n) is 6.69. The Morgan fingerprint density at radius 1 is 1.21 bits per heavy atom. The number of rotatable bonds is 5. The first-order chi connectivity index (χ1) is 13.8. The first-order valence-corrected chi connectivity index (χ1v) is 11.6. The molecular weight excluding hydrogens is 408 g/mol. The fourth-order valence-electron chi connectivity index (χ4n) is 3.01. The summed E-state index contributed by atoms with van der Waals surface area (Å²) in [5, 5.41) is 0. The van der Waals surface area contributed by atoms with Crippen LogP contribution in [-0.4, -0.2) is 52.1 Å². The molecule has 0 saturated carbocycles. The van der Waals surface area contributed by atoms with E-state index in [0.29, 0.717) is 12.1 Å². The number of amides is 1. The number of ether oxygens (including phenoxy) is 1. The average Bonchev–Trinajstić information content (AvgIpc) is 2.94. The van der Waals surface area contributed by atoms with Crippen LogP contribution in [0.3, 0.4) is 0 Å². The molecule has 0 radical (unpaired) electrons. The molecule has 1 heterocycles. The molecular formula is C21H24N2O4S2. The van der Waals surface area contributed by atoms with Gasteiger partial charge in [0.05, 0.1) is 12.8 Å². The summed E-state index contributed by atoms with van der Waals surface area (Å²) in [5.74, 6) is 1.10. The van der Waals surface area contributed by atoms with Crippen LogP contribution in [0.2, 0.25) is 0 Å². The SMILES string of the molecule is COc1ccc(C=CC(=O)N2CCCSc3ccccc32)cc1S(=O)(=O)N(C)C. The van der Waals surface area contributed by atoms with E-state index in [1.807, 2.05) is 24.3 Å². The van der Waals surface area contributed by atoms with Crippen LogP contribution in [0.25, 0.3) is 6.08 Å². The highest BCUT2D eigenvalue weighted by atomic mass is 32.2. The highest BCUT2D eigenvalue weighted by Gasteiger charge is 2.23. The number of methoxy groups -OCH3 is 1. The van der Waals surface area contributed by atoms with Crippen LogP contribution in [0.15, 0.2) is 58.3 Å². The molecule has 3 rings (SSSR count). The Labute approximate surface area is 176 Å². The first kappa shape index (κ1) is 21.4. The number of thioether (sulfide) groups is 1. The molecule has 0 fully saturated rings. The van der Waals surface area contributed by atoms with E-state index < -0.39 is 10.0 Å². The number of para-hydroxylation sites is 1. The zero-order valence-electron chi connectivity index (χ0n) is 16.7. The topological polar surface area (TPSA) is 66.9 Å². The number of anilines is 1. The summed E-state index contributed by atoms with van der Waals surface area (Å²) in [5.41, 5.74) is 1.52. The third kappa shape index (κ3) is 4.66. The minimum atomic E-state index is -3.67. The van der Waals surface area contributed by atoms with Crippen molar-refractivity contribution in [1.29, 1.82) is 0 Å². The highest BCUT2D eigenvalue weighted by Crippen LogP contribution is 2.34. The average molecular weight is 433 g/mol. The van der Waals surface area contributed by atoms with Crippen LogP contribution in [0.5, 0.6) is 5.75 Å². The van der Waals surface area contributed by atoms with Gasteiger partial charge in [-0.3, -0.25) is 4.79 Å². The number of sulfonamides is 1. The van der Waals surface area contributed by atoms with E-state index in [4.69, 9.17) is 4.74 Å². The Hall–Kier alpha value is -2.29. The summed E-state index contributed by atoms with van der Waals surface area (Å²) in [4.78, 5) is 15.8. The van der Waals surface area contributed by atoms with Crippen molar-refractivity contribution in [2.24, 2.45) is 0 Å². The summed E-state index contributed by atoms with van der Waals surface area (Å²) >= 11 is 1.75. The Morgan fingerprint density at radius 3 is 2.69 bits per heavy atom. The van der Waals surface area contributed by atoms with Crippen molar-refractivity contribution in [2.75, 3.05) is 38.4 Å². The summed E-state index contributed by atoms with van der Waals surface area (Å²) in [6.45, 7) is 0.649. The van der Waals surface area contributed by atoms with Crippen LogP contribution in [0.1, 0.15) is 12.0 Å². The number of nitrogens with zero attached hydrogens (tertiary/aromatic N) is 2. The molecule has 0 atom stereocenters. The van der Waals surface area contributed by atoms with Gasteiger partial charge < -0.3 is 9.64 Å². The molecule has 1 aliphatic rings. The molecule has 2 aromatic rings. The monoisotopic (exact) mass is 432 g/mol. The maximum Gasteiger partial charge on any atom is 0.251 e. The number of benzene rings is 2. The number of hydrogen-bond acceptors (Lipinski definition) is 5. The van der Waals surface area contributed by atoms with Gasteiger partial charge in [-0.15, -0.1) is 11.8 Å². The van der Waals surface area contributed by atoms with Gasteiger partial charge in [0.15, 0.2) is 0 Å². The molecule has 0 bridgehead atoms. The molecule has 154 valence electrons. The third-order valence-corrected chi connectivity index (χ3v) is 7.56. The molecule has 0 unspecified atom stereocenters. The van der Waals surface area contributed by atoms with E-state index in [1.165, 1.54) is 33.3 Å². The summed E-state index contributed by atoms with van der Waals surface area (Å²) < 4.78 is 31.5. The lowest BCUT2D eigenvalue weighted by atomic mass is 10.2. The van der Waals surface area contributed by atoms with Crippen molar-refractivity contribution in [1.82, 2.24) is 4.31 Å². The Morgan fingerprint density at radius 2 is 1.97 bits per heavy atom. The van der Waals surface area contributed by atoms with E-state index in [-0.39, 0.29) is 16.6 Å². The molecule has 0 aliphatic carbocycles. The summed E-state index contributed by atoms with van der Waals surface area (Å²) in [7, 11) is 0.694. The summed E-state index contributed by atoms with van der Waals surface area (Å²) in [6.07, 6.45) is 4.03. The molecule has 2 aromatic carbocycles. The van der Waals surface area contributed by atoms with E-state index in [1.54, 1.807) is 34.9 Å². The maximum atomic E-state index is 12.9. The molecule has 29 heavy (non-hydrogen) atoms. The highest BCUT2D eigenvalue weighted by molar-refractivity contribution is 7.99. The van der Waals surface area contributed by atoms with Gasteiger partial charge in [-0.1, -0.05) is 18.2 Å². The van der Waals surface area contributed by atoms with E-state index >= 15 is 0 Å². The number of carbonyl (C=O) groups is 1. The molecule has 0 saturated heterocycles. The molecule has 0 spiro atoms. The second kappa shape index (κ2) is 9.02. The minimum Gasteiger partial charge on any atom is -0.495 e. The van der Waals surface area contributed by atoms with Gasteiger partial charge in [-0.05, 0) is 48.1 Å². The fraction of sp³-hybridized carbons (Fsp3) is 0.286. The molecule has 8 heteroatoms. The van der Waals surface area contributed by atoms with E-state index in [2.05, 4.69) is 0 Å². The van der Waals surface area contributed by atoms with Crippen molar-refractivity contribution in [3.63, 3.8) is 0 Å². The van der Waals surface area contributed by atoms with Gasteiger partial charge >= 0.3 is 0 Å². The van der Waals surface area contributed by atoms with Crippen LogP contribution >= 0.6 is 11.8 Å². The largest absolute Gasteiger partial charge is 0.495 e. The van der Waals surface area contributed by atoms with Gasteiger partial charge in [0.1, 0.15) is 10.6 Å². The molecule has 1 aliphatic heterocycles. The maximum absolute atomic E-state index is 12.9. The van der Waals surface area contributed by atoms with Gasteiger partial charge in [0.2, 0.25) is 10.0 Å². The Bertz CT molecular complexity index is 1030. The molecule has 1 amide bonds. The lowest BCUT2D eigenvalue weighted by Crippen LogP contribution is -2.30. The smallest absolute Gasteiger partial charge is 0.251 e. The van der Waals surface area contributed by atoms with Crippen molar-refractivity contribution in [2.45, 2.75) is 16.2 Å². The van der Waals surface area contributed by atoms with Crippen LogP contribution in [0.4, 0.5) is 5.69 Å². The lowest BCUT2D eigenvalue weighted by Gasteiger charge is -2.20. The normalized spacial score (nSPS) is 14.7. The standard InChI is InChI=1S/C21H24N2O4S2/c1-22(2)29(25,26)20-15-16(9-11-18(20)27-3)10-12-21(24)23-13-6-14-28-19-8-5-4-7-17(19)23/h4-5,7-12,15H,6,13-14H2,1-3H3. The van der Waals surface area contributed by atoms with E-state index in [0.717, 1.165) is 27.1 Å². The van der Waals surface area contributed by atoms with Crippen LogP contribution < -0.4 is 9.64 Å². The van der Waals surface area contributed by atoms with Crippen LogP contribution in [0, 0.1) is 0 Å². The third-order valence-electron chi connectivity index (χ3n) is 4.57. The molecule has 0 aromatic heterocycles. The van der Waals surface area contributed by atoms with Gasteiger partial charge in [0, 0.05) is 31.6 Å². The lowest BCUT2D eigenvalue weighted by molar-refractivity contribution is -0.114. The van der Waals surface area contributed by atoms with Crippen molar-refractivity contribution < 1.29 is 17.9 Å². The minimum absolute atomic E-state index is 0.0658. The zero-order valence-corrected chi connectivity index (χ0v) is 18.3. The first-order valence-electron chi connectivity index (χ1n) is 9.16. The number of hydrogen-bond donors (Lipinski definition) is 0. The number of fused-ring (bicyclic) bond motifs is 1. The zero-order chi connectivity index (χ0) is 21.0. The van der Waals surface area contributed by atoms with Gasteiger partial charge in [-0.25, -0.2) is 12.7 Å². The van der Waals surface area contributed by atoms with Crippen LogP contribution in [-0.2, 0) is 14.8 Å². The Kier molecular flexibility index (Phi) is 6.66.